The van der Waals surface area contributed by atoms with Gasteiger partial charge in [0.15, 0.2) is 0 Å². The molecule has 0 aromatic heterocycles. The van der Waals surface area contributed by atoms with Crippen LogP contribution >= 0.6 is 11.6 Å². The molecular weight excluding hydrogens is 322 g/mol. The molecule has 1 unspecified atom stereocenters. The van der Waals surface area contributed by atoms with Gasteiger partial charge in [-0.3, -0.25) is 0 Å². The summed E-state index contributed by atoms with van der Waals surface area (Å²) in [5.41, 5.74) is 4.09. The lowest BCUT2D eigenvalue weighted by Crippen LogP contribution is -2.34. The minimum Gasteiger partial charge on any atom is -0.320 e. The zero-order chi connectivity index (χ0) is 16.4. The second-order valence-electron chi connectivity index (χ2n) is 4.60. The molecule has 2 nitrogen and oxygen atoms in total. The first-order valence-corrected chi connectivity index (χ1v) is 6.23. The molecule has 0 aliphatic carbocycles. The Balaban J connectivity index is 2.78. The summed E-state index contributed by atoms with van der Waals surface area (Å²) in [6, 6.07) is 1.58. The Bertz CT molecular complexity index is 474. The summed E-state index contributed by atoms with van der Waals surface area (Å²) >= 11 is 5.72. The van der Waals surface area contributed by atoms with Gasteiger partial charge >= 0.3 is 12.4 Å². The van der Waals surface area contributed by atoms with E-state index in [0.717, 1.165) is 13.0 Å². The van der Waals surface area contributed by atoms with Crippen LogP contribution in [-0.2, 0) is 6.18 Å². The molecule has 21 heavy (non-hydrogen) atoms. The standard InChI is InChI=1S/C12H13ClF6N2/c1-6-3-8(12(17,18)19)4-9(13)10(6)21-20-5-7(2)11(14,15)16/h3-4,7,20-21H,5H2,1-2H3. The third-order valence-electron chi connectivity index (χ3n) is 2.80. The quantitative estimate of drug-likeness (QED) is 0.611. The molecule has 0 amide bonds. The Labute approximate surface area is 122 Å². The van der Waals surface area contributed by atoms with Crippen molar-refractivity contribution < 1.29 is 26.3 Å². The van der Waals surface area contributed by atoms with Crippen molar-refractivity contribution in [2.45, 2.75) is 26.2 Å². The second kappa shape index (κ2) is 6.31. The average molecular weight is 335 g/mol. The summed E-state index contributed by atoms with van der Waals surface area (Å²) in [4.78, 5) is 0. The summed E-state index contributed by atoms with van der Waals surface area (Å²) < 4.78 is 74.5. The zero-order valence-corrected chi connectivity index (χ0v) is 11.8. The summed E-state index contributed by atoms with van der Waals surface area (Å²) in [5, 5.41) is -0.227. The van der Waals surface area contributed by atoms with E-state index < -0.39 is 30.4 Å². The zero-order valence-electron chi connectivity index (χ0n) is 11.1. The molecule has 0 aliphatic rings. The molecule has 1 rings (SSSR count). The lowest BCUT2D eigenvalue weighted by Gasteiger charge is -2.19. The van der Waals surface area contributed by atoms with Gasteiger partial charge in [-0.1, -0.05) is 18.5 Å². The summed E-state index contributed by atoms with van der Waals surface area (Å²) in [7, 11) is 0. The molecule has 1 atom stereocenters. The second-order valence-corrected chi connectivity index (χ2v) is 5.00. The molecule has 0 saturated heterocycles. The van der Waals surface area contributed by atoms with Gasteiger partial charge in [-0.2, -0.15) is 26.3 Å². The number of anilines is 1. The van der Waals surface area contributed by atoms with Crippen LogP contribution in [0.3, 0.4) is 0 Å². The molecule has 0 aliphatic heterocycles. The first-order chi connectivity index (χ1) is 9.43. The summed E-state index contributed by atoms with van der Waals surface area (Å²) in [5.74, 6) is -1.61. The number of rotatable bonds is 4. The Morgan fingerprint density at radius 1 is 1.14 bits per heavy atom. The molecule has 1 aromatic rings. The number of hydrazine groups is 1. The maximum absolute atomic E-state index is 12.5. The van der Waals surface area contributed by atoms with Gasteiger partial charge in [0.25, 0.3) is 0 Å². The SMILES string of the molecule is Cc1cc(C(F)(F)F)cc(Cl)c1NNCC(C)C(F)(F)F. The van der Waals surface area contributed by atoms with Crippen molar-refractivity contribution in [3.05, 3.63) is 28.3 Å². The van der Waals surface area contributed by atoms with Crippen molar-refractivity contribution in [3.63, 3.8) is 0 Å². The minimum absolute atomic E-state index is 0.110. The largest absolute Gasteiger partial charge is 0.416 e. The molecule has 0 fully saturated rings. The van der Waals surface area contributed by atoms with Crippen LogP contribution in [0.25, 0.3) is 0 Å². The topological polar surface area (TPSA) is 24.1 Å². The van der Waals surface area contributed by atoms with E-state index in [0.29, 0.717) is 6.07 Å². The molecule has 0 radical (unpaired) electrons. The van der Waals surface area contributed by atoms with Gasteiger partial charge in [-0.25, -0.2) is 5.43 Å². The van der Waals surface area contributed by atoms with E-state index in [1.807, 2.05) is 0 Å². The van der Waals surface area contributed by atoms with Crippen LogP contribution in [0.4, 0.5) is 32.0 Å². The van der Waals surface area contributed by atoms with Gasteiger partial charge in [-0.15, -0.1) is 0 Å². The van der Waals surface area contributed by atoms with Gasteiger partial charge in [0, 0.05) is 6.54 Å². The molecular formula is C12H13ClF6N2. The first-order valence-electron chi connectivity index (χ1n) is 5.86. The number of hydrogen-bond acceptors (Lipinski definition) is 2. The molecule has 120 valence electrons. The van der Waals surface area contributed by atoms with E-state index in [9.17, 15) is 26.3 Å². The highest BCUT2D eigenvalue weighted by molar-refractivity contribution is 6.33. The predicted octanol–water partition coefficient (Wildman–Crippen LogP) is 4.78. The van der Waals surface area contributed by atoms with Crippen LogP contribution < -0.4 is 10.9 Å². The van der Waals surface area contributed by atoms with Crippen LogP contribution in [0.1, 0.15) is 18.1 Å². The smallest absolute Gasteiger partial charge is 0.320 e. The number of benzene rings is 1. The fourth-order valence-corrected chi connectivity index (χ4v) is 1.79. The molecule has 0 heterocycles. The number of alkyl halides is 6. The summed E-state index contributed by atoms with van der Waals surface area (Å²) in [6.07, 6.45) is -8.89. The van der Waals surface area contributed by atoms with Crippen molar-refractivity contribution in [3.8, 4) is 0 Å². The molecule has 9 heteroatoms. The van der Waals surface area contributed by atoms with E-state index in [2.05, 4.69) is 10.9 Å². The van der Waals surface area contributed by atoms with E-state index in [1.165, 1.54) is 6.92 Å². The number of nitrogens with one attached hydrogen (secondary N) is 2. The Morgan fingerprint density at radius 2 is 1.71 bits per heavy atom. The molecule has 2 N–H and O–H groups in total. The van der Waals surface area contributed by atoms with Crippen LogP contribution in [-0.4, -0.2) is 12.7 Å². The van der Waals surface area contributed by atoms with Gasteiger partial charge in [0.05, 0.1) is 22.2 Å². The lowest BCUT2D eigenvalue weighted by atomic mass is 10.1. The molecule has 0 saturated carbocycles. The average Bonchev–Trinajstić information content (AvgIpc) is 2.29. The lowest BCUT2D eigenvalue weighted by molar-refractivity contribution is -0.167. The Morgan fingerprint density at radius 3 is 2.14 bits per heavy atom. The number of halogens is 7. The van der Waals surface area contributed by atoms with Crippen LogP contribution in [0.2, 0.25) is 5.02 Å². The maximum atomic E-state index is 12.5. The van der Waals surface area contributed by atoms with Gasteiger partial charge in [0.1, 0.15) is 0 Å². The number of aryl methyl sites for hydroxylation is 1. The number of hydrogen-bond donors (Lipinski definition) is 2. The van der Waals surface area contributed by atoms with Crippen LogP contribution in [0.5, 0.6) is 0 Å². The highest BCUT2D eigenvalue weighted by Crippen LogP contribution is 2.35. The van der Waals surface area contributed by atoms with Crippen molar-refractivity contribution in [2.75, 3.05) is 12.0 Å². The van der Waals surface area contributed by atoms with E-state index in [4.69, 9.17) is 11.6 Å². The molecule has 0 bridgehead atoms. The summed E-state index contributed by atoms with van der Waals surface area (Å²) in [6.45, 7) is 1.91. The normalized spacial score (nSPS) is 14.1. The van der Waals surface area contributed by atoms with Crippen molar-refractivity contribution in [1.29, 1.82) is 0 Å². The van der Waals surface area contributed by atoms with Crippen LogP contribution in [0.15, 0.2) is 12.1 Å². The van der Waals surface area contributed by atoms with Crippen molar-refractivity contribution in [1.82, 2.24) is 5.43 Å². The Hall–Kier alpha value is -1.15. The third-order valence-corrected chi connectivity index (χ3v) is 3.09. The molecule has 1 aromatic carbocycles. The predicted molar refractivity (Wildman–Crippen MR) is 68.0 cm³/mol. The maximum Gasteiger partial charge on any atom is 0.416 e. The highest BCUT2D eigenvalue weighted by atomic mass is 35.5. The van der Waals surface area contributed by atoms with Crippen LogP contribution in [0, 0.1) is 12.8 Å². The third kappa shape index (κ3) is 4.96. The van der Waals surface area contributed by atoms with E-state index in [1.54, 1.807) is 0 Å². The van der Waals surface area contributed by atoms with Gasteiger partial charge in [-0.05, 0) is 24.6 Å². The first kappa shape index (κ1) is 17.9. The highest BCUT2D eigenvalue weighted by Gasteiger charge is 2.35. The monoisotopic (exact) mass is 334 g/mol. The van der Waals surface area contributed by atoms with E-state index >= 15 is 0 Å². The van der Waals surface area contributed by atoms with Crippen molar-refractivity contribution in [2.24, 2.45) is 5.92 Å². The van der Waals surface area contributed by atoms with Crippen molar-refractivity contribution >= 4 is 17.3 Å². The van der Waals surface area contributed by atoms with Gasteiger partial charge in [0.2, 0.25) is 0 Å². The molecule has 0 spiro atoms. The fourth-order valence-electron chi connectivity index (χ4n) is 1.47. The fraction of sp³-hybridized carbons (Fsp3) is 0.500. The Kier molecular flexibility index (Phi) is 5.38. The van der Waals surface area contributed by atoms with Gasteiger partial charge < -0.3 is 5.43 Å². The van der Waals surface area contributed by atoms with E-state index in [-0.39, 0.29) is 16.3 Å². The minimum atomic E-state index is -4.54.